The molecule has 0 saturated carbocycles. The predicted molar refractivity (Wildman–Crippen MR) is 125 cm³/mol. The molecule has 3 atom stereocenters. The van der Waals surface area contributed by atoms with Crippen molar-refractivity contribution < 1.29 is 19.4 Å². The van der Waals surface area contributed by atoms with Gasteiger partial charge in [-0.05, 0) is 23.6 Å². The highest BCUT2D eigenvalue weighted by Crippen LogP contribution is 2.43. The molecule has 3 fully saturated rings. The number of amides is 2. The lowest BCUT2D eigenvalue weighted by Crippen LogP contribution is -2.73. The largest absolute Gasteiger partial charge is 0.394 e. The number of ether oxygens (including phenoxy) is 1. The number of benzene rings is 2. The summed E-state index contributed by atoms with van der Waals surface area (Å²) in [6.45, 7) is 5.69. The van der Waals surface area contributed by atoms with Crippen LogP contribution in [-0.2, 0) is 14.3 Å². The number of carbonyl (C=O) groups excluding carboxylic acids is 2. The number of aliphatic hydroxyl groups excluding tert-OH is 1. The summed E-state index contributed by atoms with van der Waals surface area (Å²) in [7, 11) is 0. The first-order valence-electron chi connectivity index (χ1n) is 11.7. The summed E-state index contributed by atoms with van der Waals surface area (Å²) in [6, 6.07) is 16.5. The molecule has 0 unspecified atom stereocenters. The van der Waals surface area contributed by atoms with Gasteiger partial charge in [0.2, 0.25) is 11.8 Å². The number of piperazine rings is 1. The Hall–Kier alpha value is -2.74. The SMILES string of the molecule is Cc1ccc(-c2ccc([C@H]3[C@@H](CO)N4C(=O)CN(C(=O)CN5CCOCC5)C[C@@H]34)cc2)cc1. The van der Waals surface area contributed by atoms with Gasteiger partial charge in [0, 0.05) is 25.6 Å². The van der Waals surface area contributed by atoms with Crippen molar-refractivity contribution in [2.45, 2.75) is 24.9 Å². The molecule has 0 radical (unpaired) electrons. The van der Waals surface area contributed by atoms with E-state index in [9.17, 15) is 14.7 Å². The van der Waals surface area contributed by atoms with E-state index in [1.165, 1.54) is 5.56 Å². The average Bonchev–Trinajstić information content (AvgIpc) is 2.82. The number of aryl methyl sites for hydroxylation is 1. The van der Waals surface area contributed by atoms with Crippen molar-refractivity contribution in [3.63, 3.8) is 0 Å². The summed E-state index contributed by atoms with van der Waals surface area (Å²) in [5, 5.41) is 10.0. The second kappa shape index (κ2) is 9.25. The zero-order chi connectivity index (χ0) is 22.9. The van der Waals surface area contributed by atoms with Crippen LogP contribution in [0.1, 0.15) is 17.0 Å². The number of aliphatic hydroxyl groups is 1. The third-order valence-corrected chi connectivity index (χ3v) is 7.25. The normalized spacial score (nSPS) is 25.5. The predicted octanol–water partition coefficient (Wildman–Crippen LogP) is 1.49. The van der Waals surface area contributed by atoms with Gasteiger partial charge in [0.05, 0.1) is 45.0 Å². The fourth-order valence-corrected chi connectivity index (χ4v) is 5.38. The molecule has 0 aliphatic carbocycles. The van der Waals surface area contributed by atoms with E-state index in [0.717, 1.165) is 29.8 Å². The fourth-order valence-electron chi connectivity index (χ4n) is 5.38. The maximum Gasteiger partial charge on any atom is 0.242 e. The number of hydrogen-bond acceptors (Lipinski definition) is 5. The van der Waals surface area contributed by atoms with Gasteiger partial charge < -0.3 is 19.6 Å². The average molecular weight is 450 g/mol. The Kier molecular flexibility index (Phi) is 6.19. The fraction of sp³-hybridized carbons (Fsp3) is 0.462. The van der Waals surface area contributed by atoms with E-state index in [1.807, 2.05) is 0 Å². The lowest BCUT2D eigenvalue weighted by molar-refractivity contribution is -0.167. The molecule has 0 spiro atoms. The Morgan fingerprint density at radius 3 is 2.30 bits per heavy atom. The number of morpholine rings is 1. The highest BCUT2D eigenvalue weighted by atomic mass is 16.5. The summed E-state index contributed by atoms with van der Waals surface area (Å²) < 4.78 is 5.36. The van der Waals surface area contributed by atoms with Gasteiger partial charge in [-0.1, -0.05) is 54.1 Å². The molecular formula is C26H31N3O4. The molecule has 3 aliphatic heterocycles. The molecule has 7 nitrogen and oxygen atoms in total. The van der Waals surface area contributed by atoms with Crippen molar-refractivity contribution in [2.24, 2.45) is 0 Å². The molecule has 3 heterocycles. The van der Waals surface area contributed by atoms with Crippen molar-refractivity contribution in [3.8, 4) is 11.1 Å². The smallest absolute Gasteiger partial charge is 0.242 e. The Labute approximate surface area is 194 Å². The van der Waals surface area contributed by atoms with Crippen LogP contribution in [0.5, 0.6) is 0 Å². The first kappa shape index (κ1) is 22.1. The Morgan fingerprint density at radius 2 is 1.67 bits per heavy atom. The van der Waals surface area contributed by atoms with Gasteiger partial charge in [-0.2, -0.15) is 0 Å². The highest BCUT2D eigenvalue weighted by molar-refractivity contribution is 5.88. The van der Waals surface area contributed by atoms with Crippen molar-refractivity contribution in [3.05, 3.63) is 59.7 Å². The monoisotopic (exact) mass is 449 g/mol. The zero-order valence-electron chi connectivity index (χ0n) is 19.0. The second-order valence-corrected chi connectivity index (χ2v) is 9.29. The molecule has 2 aromatic carbocycles. The van der Waals surface area contributed by atoms with Crippen LogP contribution in [0.15, 0.2) is 48.5 Å². The molecule has 0 aromatic heterocycles. The van der Waals surface area contributed by atoms with Crippen molar-refractivity contribution in [2.75, 3.05) is 52.5 Å². The van der Waals surface area contributed by atoms with E-state index in [-0.39, 0.29) is 43.0 Å². The van der Waals surface area contributed by atoms with Gasteiger partial charge in [0.15, 0.2) is 0 Å². The standard InChI is InChI=1S/C26H31N3O4/c1-18-2-4-19(5-3-18)20-6-8-21(9-7-20)26-22-14-28(16-25(32)29(22)23(26)17-30)24(31)15-27-10-12-33-13-11-27/h2-9,22-23,26,30H,10-17H2,1H3/t22-,23+,26+/m0/s1. The lowest BCUT2D eigenvalue weighted by Gasteiger charge is -2.58. The van der Waals surface area contributed by atoms with Crippen LogP contribution in [0.3, 0.4) is 0 Å². The summed E-state index contributed by atoms with van der Waals surface area (Å²) in [4.78, 5) is 31.4. The summed E-state index contributed by atoms with van der Waals surface area (Å²) >= 11 is 0. The van der Waals surface area contributed by atoms with E-state index in [0.29, 0.717) is 26.3 Å². The van der Waals surface area contributed by atoms with Gasteiger partial charge in [0.1, 0.15) is 0 Å². The van der Waals surface area contributed by atoms with E-state index >= 15 is 0 Å². The molecule has 2 aromatic rings. The molecule has 3 saturated heterocycles. The van der Waals surface area contributed by atoms with Gasteiger partial charge in [-0.25, -0.2) is 0 Å². The molecule has 7 heteroatoms. The molecule has 174 valence electrons. The van der Waals surface area contributed by atoms with Crippen molar-refractivity contribution in [1.29, 1.82) is 0 Å². The van der Waals surface area contributed by atoms with Gasteiger partial charge in [-0.15, -0.1) is 0 Å². The number of hydrogen-bond donors (Lipinski definition) is 1. The Balaban J connectivity index is 1.31. The van der Waals surface area contributed by atoms with Gasteiger partial charge >= 0.3 is 0 Å². The molecule has 0 bridgehead atoms. The lowest BCUT2D eigenvalue weighted by atomic mass is 9.73. The molecular weight excluding hydrogens is 418 g/mol. The Morgan fingerprint density at radius 1 is 1.03 bits per heavy atom. The van der Waals surface area contributed by atoms with Crippen molar-refractivity contribution >= 4 is 11.8 Å². The van der Waals surface area contributed by atoms with Crippen LogP contribution >= 0.6 is 0 Å². The topological polar surface area (TPSA) is 73.3 Å². The number of rotatable bonds is 5. The second-order valence-electron chi connectivity index (χ2n) is 9.29. The summed E-state index contributed by atoms with van der Waals surface area (Å²) in [5.41, 5.74) is 4.62. The maximum atomic E-state index is 12.9. The number of fused-ring (bicyclic) bond motifs is 1. The molecule has 33 heavy (non-hydrogen) atoms. The summed E-state index contributed by atoms with van der Waals surface area (Å²) in [6.07, 6.45) is 0. The quantitative estimate of drug-likeness (QED) is 0.749. The maximum absolute atomic E-state index is 12.9. The van der Waals surface area contributed by atoms with Crippen LogP contribution in [0.4, 0.5) is 0 Å². The minimum absolute atomic E-state index is 0.00850. The number of carbonyl (C=O) groups is 2. The Bertz CT molecular complexity index is 1000. The van der Waals surface area contributed by atoms with Crippen molar-refractivity contribution in [1.82, 2.24) is 14.7 Å². The minimum atomic E-state index is -0.232. The van der Waals surface area contributed by atoms with Crippen LogP contribution in [0, 0.1) is 6.92 Å². The summed E-state index contributed by atoms with van der Waals surface area (Å²) in [5.74, 6) is -0.0658. The first-order valence-corrected chi connectivity index (χ1v) is 11.7. The first-order chi connectivity index (χ1) is 16.0. The third-order valence-electron chi connectivity index (χ3n) is 7.25. The zero-order valence-corrected chi connectivity index (χ0v) is 19.0. The highest BCUT2D eigenvalue weighted by Gasteiger charge is 2.54. The molecule has 3 aliphatic rings. The minimum Gasteiger partial charge on any atom is -0.394 e. The van der Waals surface area contributed by atoms with E-state index in [2.05, 4.69) is 60.4 Å². The van der Waals surface area contributed by atoms with Gasteiger partial charge in [-0.3, -0.25) is 14.5 Å². The van der Waals surface area contributed by atoms with Crippen LogP contribution in [0.25, 0.3) is 11.1 Å². The van der Waals surface area contributed by atoms with E-state index in [1.54, 1.807) is 9.80 Å². The van der Waals surface area contributed by atoms with Gasteiger partial charge in [0.25, 0.3) is 0 Å². The third kappa shape index (κ3) is 4.28. The molecule has 5 rings (SSSR count). The van der Waals surface area contributed by atoms with E-state index < -0.39 is 0 Å². The van der Waals surface area contributed by atoms with E-state index in [4.69, 9.17) is 4.74 Å². The van der Waals surface area contributed by atoms with Crippen LogP contribution in [-0.4, -0.2) is 96.2 Å². The molecule has 2 amide bonds. The van der Waals surface area contributed by atoms with Crippen LogP contribution < -0.4 is 0 Å². The number of nitrogens with zero attached hydrogens (tertiary/aromatic N) is 3. The van der Waals surface area contributed by atoms with Crippen LogP contribution in [0.2, 0.25) is 0 Å². The molecule has 1 N–H and O–H groups in total.